The predicted molar refractivity (Wildman–Crippen MR) is 114 cm³/mol. The van der Waals surface area contributed by atoms with Crippen molar-refractivity contribution in [3.8, 4) is 11.5 Å². The molecule has 0 radical (unpaired) electrons. The van der Waals surface area contributed by atoms with Crippen LogP contribution in [-0.4, -0.2) is 34.1 Å². The largest absolute Gasteiger partial charge is 0.497 e. The molecule has 0 aliphatic heterocycles. The molecule has 10 nitrogen and oxygen atoms in total. The summed E-state index contributed by atoms with van der Waals surface area (Å²) in [5.74, 6) is 1.07. The molecule has 2 N–H and O–H groups in total. The molecule has 0 saturated carbocycles. The molecule has 2 aromatic carbocycles. The van der Waals surface area contributed by atoms with E-state index in [1.807, 2.05) is 24.3 Å². The molecule has 4 aromatic rings. The Morgan fingerprint density at radius 3 is 2.50 bits per heavy atom. The van der Waals surface area contributed by atoms with Gasteiger partial charge in [0.1, 0.15) is 17.8 Å². The van der Waals surface area contributed by atoms with Gasteiger partial charge in [-0.05, 0) is 24.3 Å². The van der Waals surface area contributed by atoms with Crippen molar-refractivity contribution < 1.29 is 14.4 Å². The van der Waals surface area contributed by atoms with E-state index in [1.54, 1.807) is 18.2 Å². The molecule has 2 heterocycles. The average Bonchev–Trinajstić information content (AvgIpc) is 3.16. The maximum atomic E-state index is 11.8. The molecular formula is C19H16N6O4S. The number of nitro groups is 1. The lowest BCUT2D eigenvalue weighted by atomic mass is 10.2. The van der Waals surface area contributed by atoms with E-state index < -0.39 is 4.92 Å². The van der Waals surface area contributed by atoms with Crippen LogP contribution >= 0.6 is 11.3 Å². The number of nitrogens with zero attached hydrogens (tertiary/aromatic N) is 4. The summed E-state index contributed by atoms with van der Waals surface area (Å²) in [7, 11) is 3.03. The maximum absolute atomic E-state index is 11.8. The molecular weight excluding hydrogens is 408 g/mol. The van der Waals surface area contributed by atoms with E-state index >= 15 is 0 Å². The fourth-order valence-corrected chi connectivity index (χ4v) is 3.67. The smallest absolute Gasteiger partial charge is 0.353 e. The van der Waals surface area contributed by atoms with Gasteiger partial charge in [-0.3, -0.25) is 10.1 Å². The van der Waals surface area contributed by atoms with Crippen molar-refractivity contribution in [1.29, 1.82) is 0 Å². The molecule has 0 fully saturated rings. The van der Waals surface area contributed by atoms with E-state index in [0.29, 0.717) is 22.3 Å². The Morgan fingerprint density at radius 1 is 1.03 bits per heavy atom. The second-order valence-corrected chi connectivity index (χ2v) is 7.01. The number of rotatable bonds is 7. The van der Waals surface area contributed by atoms with Gasteiger partial charge in [0.25, 0.3) is 0 Å². The van der Waals surface area contributed by atoms with Crippen molar-refractivity contribution in [3.05, 3.63) is 58.9 Å². The van der Waals surface area contributed by atoms with Crippen LogP contribution in [0, 0.1) is 10.1 Å². The lowest BCUT2D eigenvalue weighted by Crippen LogP contribution is -2.06. The van der Waals surface area contributed by atoms with Gasteiger partial charge in [-0.15, -0.1) is 0 Å². The van der Waals surface area contributed by atoms with E-state index in [9.17, 15) is 10.1 Å². The molecule has 0 saturated heterocycles. The summed E-state index contributed by atoms with van der Waals surface area (Å²) < 4.78 is 11.5. The average molecular weight is 424 g/mol. The van der Waals surface area contributed by atoms with Crippen LogP contribution in [0.4, 0.5) is 28.1 Å². The Labute approximate surface area is 174 Å². The molecule has 11 heteroatoms. The number of nitrogens with one attached hydrogen (secondary N) is 2. The van der Waals surface area contributed by atoms with Crippen molar-refractivity contribution in [2.75, 3.05) is 24.9 Å². The normalized spacial score (nSPS) is 10.6. The number of hydrogen-bond acceptors (Lipinski definition) is 10. The van der Waals surface area contributed by atoms with Gasteiger partial charge in [-0.25, -0.2) is 15.0 Å². The van der Waals surface area contributed by atoms with E-state index in [1.165, 1.54) is 31.9 Å². The van der Waals surface area contributed by atoms with Gasteiger partial charge >= 0.3 is 5.69 Å². The van der Waals surface area contributed by atoms with Gasteiger partial charge in [0, 0.05) is 6.07 Å². The Hall–Kier alpha value is -3.99. The number of thiazole rings is 1. The number of hydrogen-bond donors (Lipinski definition) is 2. The highest BCUT2D eigenvalue weighted by molar-refractivity contribution is 7.22. The zero-order chi connectivity index (χ0) is 21.1. The Morgan fingerprint density at radius 2 is 1.80 bits per heavy atom. The van der Waals surface area contributed by atoms with Gasteiger partial charge < -0.3 is 20.1 Å². The molecule has 0 atom stereocenters. The fraction of sp³-hybridized carbons (Fsp3) is 0.105. The van der Waals surface area contributed by atoms with Crippen LogP contribution in [0.15, 0.2) is 48.8 Å². The second kappa shape index (κ2) is 8.17. The van der Waals surface area contributed by atoms with Crippen molar-refractivity contribution >= 4 is 49.7 Å². The highest BCUT2D eigenvalue weighted by Crippen LogP contribution is 2.37. The number of aromatic nitrogens is 3. The molecule has 30 heavy (non-hydrogen) atoms. The van der Waals surface area contributed by atoms with Crippen molar-refractivity contribution in [1.82, 2.24) is 15.0 Å². The summed E-state index contributed by atoms with van der Waals surface area (Å²) in [4.78, 5) is 23.8. The lowest BCUT2D eigenvalue weighted by Gasteiger charge is -2.13. The molecule has 2 aromatic heterocycles. The van der Waals surface area contributed by atoms with Crippen molar-refractivity contribution in [2.24, 2.45) is 0 Å². The van der Waals surface area contributed by atoms with Gasteiger partial charge in [0.15, 0.2) is 5.13 Å². The van der Waals surface area contributed by atoms with E-state index in [0.717, 1.165) is 10.2 Å². The highest BCUT2D eigenvalue weighted by atomic mass is 32.1. The maximum Gasteiger partial charge on any atom is 0.353 e. The molecule has 0 spiro atoms. The predicted octanol–water partition coefficient (Wildman–Crippen LogP) is 4.50. The second-order valence-electron chi connectivity index (χ2n) is 5.98. The monoisotopic (exact) mass is 424 g/mol. The standard InChI is InChI=1S/C19H16N6O4S/c1-28-11-7-8-14(29-2)13(9-11)22-17-16(25(26)27)18(21-10-20-17)24-19-23-12-5-3-4-6-15(12)30-19/h3-10H,1-2H3,(H2,20,21,22,23,24). The number of para-hydroxylation sites is 1. The molecule has 0 bridgehead atoms. The molecule has 0 unspecified atom stereocenters. The molecule has 0 aliphatic carbocycles. The minimum Gasteiger partial charge on any atom is -0.497 e. The first-order valence-electron chi connectivity index (χ1n) is 8.70. The summed E-state index contributed by atoms with van der Waals surface area (Å²) in [6.45, 7) is 0. The van der Waals surface area contributed by atoms with Crippen LogP contribution in [0.1, 0.15) is 0 Å². The van der Waals surface area contributed by atoms with Crippen LogP contribution in [-0.2, 0) is 0 Å². The molecule has 0 amide bonds. The first-order valence-corrected chi connectivity index (χ1v) is 9.51. The van der Waals surface area contributed by atoms with Gasteiger partial charge in [0.05, 0.1) is 35.0 Å². The van der Waals surface area contributed by atoms with E-state index in [4.69, 9.17) is 9.47 Å². The number of ether oxygens (including phenoxy) is 2. The Bertz CT molecular complexity index is 1200. The number of benzene rings is 2. The third-order valence-electron chi connectivity index (χ3n) is 4.18. The minimum absolute atomic E-state index is 0.00478. The van der Waals surface area contributed by atoms with Crippen LogP contribution < -0.4 is 20.1 Å². The third-order valence-corrected chi connectivity index (χ3v) is 5.14. The Balaban J connectivity index is 1.72. The summed E-state index contributed by atoms with van der Waals surface area (Å²) >= 11 is 1.37. The van der Waals surface area contributed by atoms with Crippen LogP contribution in [0.25, 0.3) is 10.2 Å². The quantitative estimate of drug-likeness (QED) is 0.326. The molecule has 4 rings (SSSR count). The van der Waals surface area contributed by atoms with E-state index in [-0.39, 0.29) is 17.3 Å². The van der Waals surface area contributed by atoms with Crippen LogP contribution in [0.3, 0.4) is 0 Å². The third kappa shape index (κ3) is 3.78. The van der Waals surface area contributed by atoms with Gasteiger partial charge in [-0.2, -0.15) is 0 Å². The first kappa shape index (κ1) is 19.3. The Kier molecular flexibility index (Phi) is 5.26. The summed E-state index contributed by atoms with van der Waals surface area (Å²) in [6, 6.07) is 12.6. The van der Waals surface area contributed by atoms with Crippen molar-refractivity contribution in [3.63, 3.8) is 0 Å². The number of fused-ring (bicyclic) bond motifs is 1. The zero-order valence-corrected chi connectivity index (χ0v) is 16.8. The summed E-state index contributed by atoms with van der Waals surface area (Å²) in [6.07, 6.45) is 1.23. The van der Waals surface area contributed by atoms with Crippen LogP contribution in [0.2, 0.25) is 0 Å². The van der Waals surface area contributed by atoms with E-state index in [2.05, 4.69) is 25.6 Å². The summed E-state index contributed by atoms with van der Waals surface area (Å²) in [5, 5.41) is 18.2. The topological polar surface area (TPSA) is 124 Å². The summed E-state index contributed by atoms with van der Waals surface area (Å²) in [5.41, 5.74) is 0.937. The first-order chi connectivity index (χ1) is 14.6. The van der Waals surface area contributed by atoms with Gasteiger partial charge in [0.2, 0.25) is 11.6 Å². The SMILES string of the molecule is COc1ccc(OC)c(Nc2ncnc(Nc3nc4ccccc4s3)c2[N+](=O)[O-])c1. The molecule has 152 valence electrons. The van der Waals surface area contributed by atoms with Crippen molar-refractivity contribution in [2.45, 2.75) is 0 Å². The highest BCUT2D eigenvalue weighted by Gasteiger charge is 2.25. The lowest BCUT2D eigenvalue weighted by molar-refractivity contribution is -0.383. The van der Waals surface area contributed by atoms with Gasteiger partial charge in [-0.1, -0.05) is 23.5 Å². The fourth-order valence-electron chi connectivity index (χ4n) is 2.80. The van der Waals surface area contributed by atoms with Crippen LogP contribution in [0.5, 0.6) is 11.5 Å². The number of methoxy groups -OCH3 is 2. The molecule has 0 aliphatic rings. The zero-order valence-electron chi connectivity index (χ0n) is 15.9. The number of anilines is 4. The minimum atomic E-state index is -0.551.